The number of rotatable bonds is 7. The van der Waals surface area contributed by atoms with Crippen LogP contribution in [-0.4, -0.2) is 56.5 Å². The van der Waals surface area contributed by atoms with Gasteiger partial charge in [-0.3, -0.25) is 4.90 Å². The molecule has 0 bridgehead atoms. The summed E-state index contributed by atoms with van der Waals surface area (Å²) < 4.78 is 1.90. The molecule has 21 heavy (non-hydrogen) atoms. The lowest BCUT2D eigenvalue weighted by atomic mass is 9.98. The molecule has 0 saturated carbocycles. The highest BCUT2D eigenvalue weighted by atomic mass is 32.2. The smallest absolute Gasteiger partial charge is 0.151 e. The van der Waals surface area contributed by atoms with Crippen molar-refractivity contribution in [3.63, 3.8) is 0 Å². The predicted octanol–water partition coefficient (Wildman–Crippen LogP) is 1.97. The Hall–Kier alpha value is -0.590. The predicted molar refractivity (Wildman–Crippen MR) is 87.6 cm³/mol. The third-order valence-corrected chi connectivity index (χ3v) is 4.94. The summed E-state index contributed by atoms with van der Waals surface area (Å²) in [6.45, 7) is 7.46. The number of hydrogen-bond donors (Lipinski definition) is 1. The number of aromatic nitrogens is 3. The van der Waals surface area contributed by atoms with Crippen LogP contribution in [0.25, 0.3) is 0 Å². The third-order valence-electron chi connectivity index (χ3n) is 4.33. The first-order valence-electron chi connectivity index (χ1n) is 7.93. The Labute approximate surface area is 132 Å². The molecule has 1 aliphatic rings. The van der Waals surface area contributed by atoms with Gasteiger partial charge in [-0.2, -0.15) is 16.9 Å². The molecule has 0 aliphatic carbocycles. The van der Waals surface area contributed by atoms with Gasteiger partial charge in [0.25, 0.3) is 0 Å². The van der Waals surface area contributed by atoms with E-state index in [1.54, 1.807) is 0 Å². The second kappa shape index (κ2) is 8.15. The number of piperidine rings is 1. The first-order valence-corrected chi connectivity index (χ1v) is 9.32. The van der Waals surface area contributed by atoms with Crippen LogP contribution < -0.4 is 0 Å². The number of aliphatic hydroxyl groups excluding tert-OH is 1. The minimum absolute atomic E-state index is 0.113. The highest BCUT2D eigenvalue weighted by molar-refractivity contribution is 7.98. The lowest BCUT2D eigenvalue weighted by Gasteiger charge is -2.34. The van der Waals surface area contributed by atoms with Crippen LogP contribution in [0, 0.1) is 5.92 Å². The molecule has 1 N–H and O–H groups in total. The molecule has 0 radical (unpaired) electrons. The van der Waals surface area contributed by atoms with E-state index in [2.05, 4.69) is 30.1 Å². The number of aryl methyl sites for hydroxylation is 1. The Kier molecular flexibility index (Phi) is 6.51. The standard InChI is InChI=1S/C15H28N4OS/c1-12-4-7-18(8-5-12)13(2)15-16-14(6-11-21-3)17-19(15)9-10-20/h12-13,20H,4-11H2,1-3H3/t13-/m0/s1. The maximum Gasteiger partial charge on any atom is 0.151 e. The highest BCUT2D eigenvalue weighted by Gasteiger charge is 2.25. The second-order valence-corrected chi connectivity index (χ2v) is 6.96. The molecule has 1 atom stereocenters. The summed E-state index contributed by atoms with van der Waals surface area (Å²) in [7, 11) is 0. The molecule has 0 amide bonds. The van der Waals surface area contributed by atoms with Gasteiger partial charge < -0.3 is 5.11 Å². The molecule has 1 aliphatic heterocycles. The van der Waals surface area contributed by atoms with Gasteiger partial charge in [0.05, 0.1) is 19.2 Å². The summed E-state index contributed by atoms with van der Waals surface area (Å²) in [6, 6.07) is 0.277. The molecule has 0 spiro atoms. The van der Waals surface area contributed by atoms with E-state index in [1.807, 2.05) is 16.4 Å². The Morgan fingerprint density at radius 3 is 2.71 bits per heavy atom. The summed E-state index contributed by atoms with van der Waals surface area (Å²) in [6.07, 6.45) is 5.52. The molecule has 2 heterocycles. The van der Waals surface area contributed by atoms with Gasteiger partial charge in [-0.05, 0) is 45.0 Å². The fourth-order valence-electron chi connectivity index (χ4n) is 2.85. The molecule has 2 rings (SSSR count). The molecule has 120 valence electrons. The van der Waals surface area contributed by atoms with E-state index in [4.69, 9.17) is 4.98 Å². The third kappa shape index (κ3) is 4.44. The zero-order valence-corrected chi connectivity index (χ0v) is 14.3. The van der Waals surface area contributed by atoms with Crippen molar-refractivity contribution in [2.75, 3.05) is 31.7 Å². The number of nitrogens with zero attached hydrogens (tertiary/aromatic N) is 4. The molecule has 1 saturated heterocycles. The van der Waals surface area contributed by atoms with E-state index in [1.165, 1.54) is 12.8 Å². The summed E-state index contributed by atoms with van der Waals surface area (Å²) in [5.74, 6) is 3.79. The van der Waals surface area contributed by atoms with Crippen LogP contribution in [0.2, 0.25) is 0 Å². The van der Waals surface area contributed by atoms with Gasteiger partial charge in [0.1, 0.15) is 5.82 Å². The Balaban J connectivity index is 2.10. The minimum Gasteiger partial charge on any atom is -0.394 e. The van der Waals surface area contributed by atoms with Gasteiger partial charge in [0, 0.05) is 12.2 Å². The van der Waals surface area contributed by atoms with E-state index >= 15 is 0 Å². The largest absolute Gasteiger partial charge is 0.394 e. The van der Waals surface area contributed by atoms with Gasteiger partial charge in [-0.1, -0.05) is 6.92 Å². The van der Waals surface area contributed by atoms with Crippen LogP contribution in [-0.2, 0) is 13.0 Å². The first kappa shape index (κ1) is 16.8. The molecule has 0 unspecified atom stereocenters. The van der Waals surface area contributed by atoms with Gasteiger partial charge in [-0.15, -0.1) is 0 Å². The lowest BCUT2D eigenvalue weighted by molar-refractivity contribution is 0.137. The fourth-order valence-corrected chi connectivity index (χ4v) is 3.24. The van der Waals surface area contributed by atoms with Gasteiger partial charge in [-0.25, -0.2) is 9.67 Å². The van der Waals surface area contributed by atoms with Crippen molar-refractivity contribution in [3.05, 3.63) is 11.6 Å². The van der Waals surface area contributed by atoms with E-state index in [9.17, 15) is 5.11 Å². The van der Waals surface area contributed by atoms with Crippen LogP contribution in [0.4, 0.5) is 0 Å². The van der Waals surface area contributed by atoms with Crippen molar-refractivity contribution in [3.8, 4) is 0 Å². The highest BCUT2D eigenvalue weighted by Crippen LogP contribution is 2.25. The number of likely N-dealkylation sites (tertiary alicyclic amines) is 1. The normalized spacial score (nSPS) is 19.0. The first-order chi connectivity index (χ1) is 10.2. The van der Waals surface area contributed by atoms with Gasteiger partial charge in [0.15, 0.2) is 5.82 Å². The summed E-state index contributed by atoms with van der Waals surface area (Å²) in [4.78, 5) is 7.24. The summed E-state index contributed by atoms with van der Waals surface area (Å²) in [5, 5.41) is 13.8. The van der Waals surface area contributed by atoms with Gasteiger partial charge >= 0.3 is 0 Å². The van der Waals surface area contributed by atoms with Crippen molar-refractivity contribution in [1.82, 2.24) is 19.7 Å². The topological polar surface area (TPSA) is 54.2 Å². The van der Waals surface area contributed by atoms with Crippen molar-refractivity contribution >= 4 is 11.8 Å². The van der Waals surface area contributed by atoms with Crippen LogP contribution in [0.15, 0.2) is 0 Å². The summed E-state index contributed by atoms with van der Waals surface area (Å²) in [5.41, 5.74) is 0. The number of thioether (sulfide) groups is 1. The zero-order valence-electron chi connectivity index (χ0n) is 13.5. The lowest BCUT2D eigenvalue weighted by Crippen LogP contribution is -2.36. The Bertz CT molecular complexity index is 429. The van der Waals surface area contributed by atoms with Crippen LogP contribution in [0.1, 0.15) is 44.4 Å². The molecule has 1 aromatic heterocycles. The van der Waals surface area contributed by atoms with Gasteiger partial charge in [0.2, 0.25) is 0 Å². The van der Waals surface area contributed by atoms with E-state index in [0.29, 0.717) is 6.54 Å². The van der Waals surface area contributed by atoms with Crippen molar-refractivity contribution in [2.45, 2.75) is 45.7 Å². The average Bonchev–Trinajstić information content (AvgIpc) is 2.88. The molecule has 1 fully saturated rings. The summed E-state index contributed by atoms with van der Waals surface area (Å²) >= 11 is 1.81. The molecule has 6 heteroatoms. The van der Waals surface area contributed by atoms with E-state index in [0.717, 1.165) is 42.8 Å². The second-order valence-electron chi connectivity index (χ2n) is 5.97. The van der Waals surface area contributed by atoms with E-state index in [-0.39, 0.29) is 12.6 Å². The average molecular weight is 312 g/mol. The molecule has 1 aromatic rings. The van der Waals surface area contributed by atoms with Crippen molar-refractivity contribution < 1.29 is 5.11 Å². The molecular formula is C15H28N4OS. The number of aliphatic hydroxyl groups is 1. The molecule has 5 nitrogen and oxygen atoms in total. The maximum atomic E-state index is 9.25. The Morgan fingerprint density at radius 1 is 1.38 bits per heavy atom. The zero-order chi connectivity index (χ0) is 15.2. The Morgan fingerprint density at radius 2 is 2.10 bits per heavy atom. The quantitative estimate of drug-likeness (QED) is 0.834. The molecule has 0 aromatic carbocycles. The van der Waals surface area contributed by atoms with E-state index < -0.39 is 0 Å². The SMILES string of the molecule is CSCCc1nc([C@H](C)N2CCC(C)CC2)n(CCO)n1. The minimum atomic E-state index is 0.113. The van der Waals surface area contributed by atoms with Crippen LogP contribution in [0.3, 0.4) is 0 Å². The van der Waals surface area contributed by atoms with Crippen molar-refractivity contribution in [2.24, 2.45) is 5.92 Å². The van der Waals surface area contributed by atoms with Crippen LogP contribution in [0.5, 0.6) is 0 Å². The number of hydrogen-bond acceptors (Lipinski definition) is 5. The monoisotopic (exact) mass is 312 g/mol. The fraction of sp³-hybridized carbons (Fsp3) is 0.867. The molecular weight excluding hydrogens is 284 g/mol. The van der Waals surface area contributed by atoms with Crippen LogP contribution >= 0.6 is 11.8 Å². The van der Waals surface area contributed by atoms with Crippen molar-refractivity contribution in [1.29, 1.82) is 0 Å². The maximum absolute atomic E-state index is 9.25.